The quantitative estimate of drug-likeness (QED) is 0.618. The molecule has 1 N–H and O–H groups in total. The maximum absolute atomic E-state index is 9.10. The van der Waals surface area contributed by atoms with Crippen molar-refractivity contribution in [3.8, 4) is 0 Å². The summed E-state index contributed by atoms with van der Waals surface area (Å²) in [6.07, 6.45) is 0.0305. The van der Waals surface area contributed by atoms with Crippen LogP contribution in [0.15, 0.2) is 0 Å². The minimum Gasteiger partial charge on any atom is -0.394 e. The lowest BCUT2D eigenvalue weighted by atomic mass is 9.86. The molecule has 0 bridgehead atoms. The smallest absolute Gasteiger partial charge is 0.228 e. The number of hydrogen-bond donors (Lipinski definition) is 1. The number of epoxide rings is 1. The lowest BCUT2D eigenvalue weighted by Gasteiger charge is -2.39. The van der Waals surface area contributed by atoms with Crippen molar-refractivity contribution in [2.24, 2.45) is 5.92 Å². The van der Waals surface area contributed by atoms with Gasteiger partial charge in [-0.2, -0.15) is 0 Å². The zero-order chi connectivity index (χ0) is 10.1. The molecule has 4 heteroatoms. The predicted molar refractivity (Wildman–Crippen MR) is 47.7 cm³/mol. The molecular weight excluding hydrogens is 184 g/mol. The summed E-state index contributed by atoms with van der Waals surface area (Å²) in [5.41, 5.74) is -0.224. The lowest BCUT2D eigenvalue weighted by molar-refractivity contribution is -0.271. The van der Waals surface area contributed by atoms with Crippen molar-refractivity contribution in [1.82, 2.24) is 0 Å². The molecule has 0 aromatic carbocycles. The van der Waals surface area contributed by atoms with Crippen LogP contribution in [0.2, 0.25) is 0 Å². The molecule has 3 unspecified atom stereocenters. The molecule has 5 atom stereocenters. The van der Waals surface area contributed by atoms with Gasteiger partial charge in [0.25, 0.3) is 0 Å². The molecule has 3 saturated heterocycles. The summed E-state index contributed by atoms with van der Waals surface area (Å²) >= 11 is 0. The normalized spacial score (nSPS) is 58.3. The Bertz CT molecular complexity index is 277. The third kappa shape index (κ3) is 0.795. The highest BCUT2D eigenvalue weighted by molar-refractivity contribution is 5.20. The molecule has 3 fully saturated rings. The average Bonchev–Trinajstić information content (AvgIpc) is 2.58. The standard InChI is InChI=1S/C10H16O4/c1-5-6(4-11)12-8-7(5)13-10(8)9(2,3)14-10/h5-8,11H,4H2,1-3H3/t5-,6-,7?,8?,10?/m0/s1. The summed E-state index contributed by atoms with van der Waals surface area (Å²) in [4.78, 5) is 0. The van der Waals surface area contributed by atoms with Gasteiger partial charge < -0.3 is 19.3 Å². The summed E-state index contributed by atoms with van der Waals surface area (Å²) in [5.74, 6) is -0.244. The maximum atomic E-state index is 9.10. The van der Waals surface area contributed by atoms with E-state index < -0.39 is 5.79 Å². The first-order valence-electron chi connectivity index (χ1n) is 5.16. The van der Waals surface area contributed by atoms with E-state index in [4.69, 9.17) is 19.3 Å². The van der Waals surface area contributed by atoms with Crippen molar-refractivity contribution < 1.29 is 19.3 Å². The molecule has 0 aliphatic carbocycles. The SMILES string of the molecule is C[C@@H]1C2OC3(OC3(C)C)C2O[C@H]1CO. The van der Waals surface area contributed by atoms with Gasteiger partial charge in [-0.05, 0) is 13.8 Å². The molecular formula is C10H16O4. The molecule has 80 valence electrons. The van der Waals surface area contributed by atoms with Gasteiger partial charge in [-0.3, -0.25) is 0 Å². The van der Waals surface area contributed by atoms with E-state index in [1.165, 1.54) is 0 Å². The zero-order valence-electron chi connectivity index (χ0n) is 8.69. The van der Waals surface area contributed by atoms with Gasteiger partial charge in [-0.1, -0.05) is 6.92 Å². The zero-order valence-corrected chi connectivity index (χ0v) is 8.69. The third-order valence-corrected chi connectivity index (χ3v) is 3.79. The largest absolute Gasteiger partial charge is 0.394 e. The summed E-state index contributed by atoms with van der Waals surface area (Å²) in [5, 5.41) is 9.10. The molecule has 0 aromatic heterocycles. The van der Waals surface area contributed by atoms with E-state index >= 15 is 0 Å². The molecule has 3 rings (SSSR count). The number of ether oxygens (including phenoxy) is 3. The molecule has 3 aliphatic rings. The van der Waals surface area contributed by atoms with Gasteiger partial charge in [0.1, 0.15) is 11.7 Å². The summed E-state index contributed by atoms with van der Waals surface area (Å²) in [7, 11) is 0. The fourth-order valence-electron chi connectivity index (χ4n) is 2.68. The van der Waals surface area contributed by atoms with Crippen molar-refractivity contribution in [2.75, 3.05) is 6.61 Å². The molecule has 1 spiro atoms. The summed E-state index contributed by atoms with van der Waals surface area (Å²) in [6, 6.07) is 0. The van der Waals surface area contributed by atoms with Crippen molar-refractivity contribution in [3.63, 3.8) is 0 Å². The highest BCUT2D eigenvalue weighted by Gasteiger charge is 2.81. The van der Waals surface area contributed by atoms with Gasteiger partial charge in [-0.15, -0.1) is 0 Å². The molecule has 0 radical (unpaired) electrons. The van der Waals surface area contributed by atoms with E-state index in [-0.39, 0.29) is 36.4 Å². The van der Waals surface area contributed by atoms with Crippen LogP contribution in [-0.4, -0.2) is 41.4 Å². The fraction of sp³-hybridized carbons (Fsp3) is 1.00. The summed E-state index contributed by atoms with van der Waals surface area (Å²) < 4.78 is 17.1. The Balaban J connectivity index is 1.78. The van der Waals surface area contributed by atoms with E-state index in [0.717, 1.165) is 0 Å². The molecule has 3 heterocycles. The highest BCUT2D eigenvalue weighted by atomic mass is 16.9. The van der Waals surface area contributed by atoms with Crippen LogP contribution in [0.5, 0.6) is 0 Å². The minimum absolute atomic E-state index is 0.0182. The van der Waals surface area contributed by atoms with E-state index in [1.54, 1.807) is 0 Å². The van der Waals surface area contributed by atoms with Crippen LogP contribution >= 0.6 is 0 Å². The molecule has 4 nitrogen and oxygen atoms in total. The fourth-order valence-corrected chi connectivity index (χ4v) is 2.68. The number of rotatable bonds is 1. The minimum atomic E-state index is -0.504. The molecule has 0 amide bonds. The van der Waals surface area contributed by atoms with Crippen LogP contribution in [0.3, 0.4) is 0 Å². The van der Waals surface area contributed by atoms with E-state index in [0.29, 0.717) is 0 Å². The van der Waals surface area contributed by atoms with Crippen LogP contribution in [0.25, 0.3) is 0 Å². The van der Waals surface area contributed by atoms with Crippen LogP contribution in [-0.2, 0) is 14.2 Å². The third-order valence-electron chi connectivity index (χ3n) is 3.79. The van der Waals surface area contributed by atoms with Gasteiger partial charge >= 0.3 is 0 Å². The van der Waals surface area contributed by atoms with E-state index in [2.05, 4.69) is 0 Å². The Morgan fingerprint density at radius 1 is 1.36 bits per heavy atom. The van der Waals surface area contributed by atoms with Crippen molar-refractivity contribution in [3.05, 3.63) is 0 Å². The molecule has 0 aromatic rings. The number of fused-ring (bicyclic) bond motifs is 2. The van der Waals surface area contributed by atoms with Crippen LogP contribution in [0.1, 0.15) is 20.8 Å². The monoisotopic (exact) mass is 200 g/mol. The second-order valence-electron chi connectivity index (χ2n) is 5.00. The Hall–Kier alpha value is -0.160. The van der Waals surface area contributed by atoms with Gasteiger partial charge in [0, 0.05) is 5.92 Å². The first kappa shape index (κ1) is 9.09. The molecule has 14 heavy (non-hydrogen) atoms. The maximum Gasteiger partial charge on any atom is 0.228 e. The molecule has 3 aliphatic heterocycles. The van der Waals surface area contributed by atoms with Crippen molar-refractivity contribution >= 4 is 0 Å². The molecule has 0 saturated carbocycles. The Labute approximate surface area is 83.1 Å². The first-order chi connectivity index (χ1) is 6.52. The summed E-state index contributed by atoms with van der Waals surface area (Å²) in [6.45, 7) is 6.12. The first-order valence-corrected chi connectivity index (χ1v) is 5.16. The van der Waals surface area contributed by atoms with Crippen LogP contribution in [0, 0.1) is 5.92 Å². The number of aliphatic hydroxyl groups is 1. The van der Waals surface area contributed by atoms with E-state index in [1.807, 2.05) is 20.8 Å². The second kappa shape index (κ2) is 2.32. The second-order valence-corrected chi connectivity index (χ2v) is 5.00. The highest BCUT2D eigenvalue weighted by Crippen LogP contribution is 2.63. The van der Waals surface area contributed by atoms with Gasteiger partial charge in [0.2, 0.25) is 5.79 Å². The van der Waals surface area contributed by atoms with Gasteiger partial charge in [-0.25, -0.2) is 0 Å². The lowest BCUT2D eigenvalue weighted by Crippen LogP contribution is -2.58. The number of aliphatic hydroxyl groups excluding tert-OH is 1. The number of hydrogen-bond acceptors (Lipinski definition) is 4. The topological polar surface area (TPSA) is 51.2 Å². The van der Waals surface area contributed by atoms with Crippen LogP contribution < -0.4 is 0 Å². The van der Waals surface area contributed by atoms with Crippen molar-refractivity contribution in [2.45, 2.75) is 50.5 Å². The van der Waals surface area contributed by atoms with Gasteiger partial charge in [0.15, 0.2) is 0 Å². The van der Waals surface area contributed by atoms with Crippen LogP contribution in [0.4, 0.5) is 0 Å². The predicted octanol–water partition coefficient (Wildman–Crippen LogP) is 0.286. The van der Waals surface area contributed by atoms with Gasteiger partial charge in [0.05, 0.1) is 18.8 Å². The van der Waals surface area contributed by atoms with Crippen molar-refractivity contribution in [1.29, 1.82) is 0 Å². The Kier molecular flexibility index (Phi) is 1.51. The van der Waals surface area contributed by atoms with E-state index in [9.17, 15) is 0 Å². The average molecular weight is 200 g/mol. The Morgan fingerprint density at radius 2 is 2.00 bits per heavy atom. The Morgan fingerprint density at radius 3 is 2.50 bits per heavy atom.